The van der Waals surface area contributed by atoms with Gasteiger partial charge < -0.3 is 0 Å². The highest BCUT2D eigenvalue weighted by Crippen LogP contribution is 2.45. The number of hydrogen-bond acceptors (Lipinski definition) is 1. The fourth-order valence-electron chi connectivity index (χ4n) is 3.60. The molecule has 0 saturated heterocycles. The van der Waals surface area contributed by atoms with Gasteiger partial charge in [-0.3, -0.25) is 4.79 Å². The van der Waals surface area contributed by atoms with E-state index >= 15 is 0 Å². The van der Waals surface area contributed by atoms with Crippen LogP contribution in [0.1, 0.15) is 54.0 Å². The summed E-state index contributed by atoms with van der Waals surface area (Å²) in [5.74, 6) is 0.630. The predicted molar refractivity (Wildman–Crippen MR) is 96.7 cm³/mol. The molecule has 118 valence electrons. The van der Waals surface area contributed by atoms with E-state index in [0.29, 0.717) is 12.3 Å². The van der Waals surface area contributed by atoms with Gasteiger partial charge in [-0.2, -0.15) is 0 Å². The molecule has 1 atom stereocenters. The lowest BCUT2D eigenvalue weighted by molar-refractivity contribution is -0.116. The highest BCUT2D eigenvalue weighted by molar-refractivity contribution is 5.92. The van der Waals surface area contributed by atoms with Crippen LogP contribution in [0.2, 0.25) is 0 Å². The monoisotopic (exact) mass is 304 g/mol. The summed E-state index contributed by atoms with van der Waals surface area (Å²) < 4.78 is 0. The van der Waals surface area contributed by atoms with Gasteiger partial charge in [0.25, 0.3) is 0 Å². The summed E-state index contributed by atoms with van der Waals surface area (Å²) in [5.41, 5.74) is 9.18. The average molecular weight is 304 g/mol. The summed E-state index contributed by atoms with van der Waals surface area (Å²) in [4.78, 5) is 11.7. The van der Waals surface area contributed by atoms with Crippen molar-refractivity contribution in [2.45, 2.75) is 46.5 Å². The van der Waals surface area contributed by atoms with E-state index in [1.165, 1.54) is 39.0 Å². The summed E-state index contributed by atoms with van der Waals surface area (Å²) >= 11 is 0. The van der Waals surface area contributed by atoms with Gasteiger partial charge in [0.15, 0.2) is 0 Å². The first-order chi connectivity index (χ1) is 11.0. The highest BCUT2D eigenvalue weighted by atomic mass is 16.1. The average Bonchev–Trinajstić information content (AvgIpc) is 2.74. The molecule has 0 radical (unpaired) electrons. The summed E-state index contributed by atoms with van der Waals surface area (Å²) in [7, 11) is 0. The second-order valence-electron chi connectivity index (χ2n) is 6.87. The van der Waals surface area contributed by atoms with Crippen LogP contribution in [0.15, 0.2) is 48.0 Å². The molecule has 0 amide bonds. The Morgan fingerprint density at radius 3 is 2.26 bits per heavy atom. The van der Waals surface area contributed by atoms with Gasteiger partial charge in [-0.1, -0.05) is 59.2 Å². The molecule has 1 heteroatoms. The first-order valence-electron chi connectivity index (χ1n) is 8.31. The Labute approximate surface area is 139 Å². The van der Waals surface area contributed by atoms with Gasteiger partial charge in [-0.15, -0.1) is 0 Å². The number of carbonyl (C=O) groups excluding carboxylic acids is 1. The van der Waals surface area contributed by atoms with Crippen LogP contribution in [-0.4, -0.2) is 5.78 Å². The van der Waals surface area contributed by atoms with Crippen molar-refractivity contribution in [3.8, 4) is 0 Å². The lowest BCUT2D eigenvalue weighted by Crippen LogP contribution is -2.02. The van der Waals surface area contributed by atoms with Crippen molar-refractivity contribution >= 4 is 11.4 Å². The molecule has 1 nitrogen and oxygen atoms in total. The summed E-state index contributed by atoms with van der Waals surface area (Å²) in [6, 6.07) is 15.5. The molecule has 3 rings (SSSR count). The Balaban J connectivity index is 2.01. The summed E-state index contributed by atoms with van der Waals surface area (Å²) in [5, 5.41) is 0. The van der Waals surface area contributed by atoms with E-state index in [0.717, 1.165) is 6.42 Å². The van der Waals surface area contributed by atoms with Crippen LogP contribution in [0.25, 0.3) is 5.57 Å². The van der Waals surface area contributed by atoms with E-state index in [1.807, 2.05) is 0 Å². The van der Waals surface area contributed by atoms with Crippen molar-refractivity contribution in [1.29, 1.82) is 0 Å². The molecule has 1 unspecified atom stereocenters. The zero-order chi connectivity index (χ0) is 16.6. The minimum Gasteiger partial charge on any atom is -0.300 e. The number of ketones is 1. The zero-order valence-electron chi connectivity index (χ0n) is 14.4. The van der Waals surface area contributed by atoms with Gasteiger partial charge in [-0.25, -0.2) is 0 Å². The highest BCUT2D eigenvalue weighted by Gasteiger charge is 2.29. The SMILES string of the molecule is CC(=O)CC1=C(C)C(Cc2ccc(C)cc2)c2ccc(C)cc21. The van der Waals surface area contributed by atoms with Gasteiger partial charge >= 0.3 is 0 Å². The lowest BCUT2D eigenvalue weighted by atomic mass is 9.89. The molecule has 0 aromatic heterocycles. The molecule has 0 saturated carbocycles. The maximum atomic E-state index is 11.7. The Morgan fingerprint density at radius 1 is 0.957 bits per heavy atom. The van der Waals surface area contributed by atoms with Crippen molar-refractivity contribution in [2.75, 3.05) is 0 Å². The smallest absolute Gasteiger partial charge is 0.134 e. The Morgan fingerprint density at radius 2 is 1.61 bits per heavy atom. The van der Waals surface area contributed by atoms with Gasteiger partial charge in [0.05, 0.1) is 0 Å². The van der Waals surface area contributed by atoms with Crippen LogP contribution < -0.4 is 0 Å². The van der Waals surface area contributed by atoms with E-state index in [9.17, 15) is 4.79 Å². The molecule has 0 spiro atoms. The van der Waals surface area contributed by atoms with Gasteiger partial charge in [0, 0.05) is 12.3 Å². The maximum Gasteiger partial charge on any atom is 0.134 e. The number of rotatable bonds is 4. The number of aryl methyl sites for hydroxylation is 2. The fourth-order valence-corrected chi connectivity index (χ4v) is 3.60. The van der Waals surface area contributed by atoms with E-state index in [4.69, 9.17) is 0 Å². The molecular formula is C22H24O. The first-order valence-corrected chi connectivity index (χ1v) is 8.31. The van der Waals surface area contributed by atoms with Crippen molar-refractivity contribution in [3.05, 3.63) is 75.9 Å². The zero-order valence-corrected chi connectivity index (χ0v) is 14.4. The third kappa shape index (κ3) is 3.14. The van der Waals surface area contributed by atoms with Crippen molar-refractivity contribution < 1.29 is 4.79 Å². The third-order valence-electron chi connectivity index (χ3n) is 4.89. The minimum atomic E-state index is 0.239. The van der Waals surface area contributed by atoms with Crippen molar-refractivity contribution in [1.82, 2.24) is 0 Å². The molecule has 0 bridgehead atoms. The standard InChI is InChI=1S/C22H24O/c1-14-5-8-18(9-6-14)13-21-17(4)20(12-16(3)23)22-11-15(2)7-10-19(21)22/h5-11,21H,12-13H2,1-4H3. The number of hydrogen-bond donors (Lipinski definition) is 0. The lowest BCUT2D eigenvalue weighted by Gasteiger charge is -2.15. The van der Waals surface area contributed by atoms with Crippen LogP contribution >= 0.6 is 0 Å². The Hall–Kier alpha value is -2.15. The number of Topliss-reactive ketones (excluding diaryl/α,β-unsaturated/α-hetero) is 1. The van der Waals surface area contributed by atoms with Gasteiger partial charge in [0.2, 0.25) is 0 Å². The molecule has 1 aliphatic rings. The molecule has 0 heterocycles. The van der Waals surface area contributed by atoms with Crippen molar-refractivity contribution in [2.24, 2.45) is 0 Å². The fraction of sp³-hybridized carbons (Fsp3) is 0.318. The topological polar surface area (TPSA) is 17.1 Å². The number of allylic oxidation sites excluding steroid dienone is 2. The van der Waals surface area contributed by atoms with Crippen LogP contribution in [0.4, 0.5) is 0 Å². The van der Waals surface area contributed by atoms with Crippen molar-refractivity contribution in [3.63, 3.8) is 0 Å². The predicted octanol–water partition coefficient (Wildman–Crippen LogP) is 5.40. The van der Waals surface area contributed by atoms with E-state index < -0.39 is 0 Å². The Kier molecular flexibility index (Phi) is 4.21. The largest absolute Gasteiger partial charge is 0.300 e. The van der Waals surface area contributed by atoms with Gasteiger partial charge in [0.1, 0.15) is 5.78 Å². The van der Waals surface area contributed by atoms with E-state index in [-0.39, 0.29) is 5.78 Å². The molecule has 0 fully saturated rings. The van der Waals surface area contributed by atoms with Crippen LogP contribution in [-0.2, 0) is 11.2 Å². The molecule has 23 heavy (non-hydrogen) atoms. The Bertz CT molecular complexity index is 778. The third-order valence-corrected chi connectivity index (χ3v) is 4.89. The molecule has 1 aliphatic carbocycles. The summed E-state index contributed by atoms with van der Waals surface area (Å²) in [6.45, 7) is 8.12. The van der Waals surface area contributed by atoms with Crippen LogP contribution in [0.3, 0.4) is 0 Å². The van der Waals surface area contributed by atoms with E-state index in [2.05, 4.69) is 63.2 Å². The maximum absolute atomic E-state index is 11.7. The molecule has 2 aromatic carbocycles. The number of carbonyl (C=O) groups is 1. The second-order valence-corrected chi connectivity index (χ2v) is 6.87. The van der Waals surface area contributed by atoms with Gasteiger partial charge in [-0.05, 0) is 56.4 Å². The van der Waals surface area contributed by atoms with Crippen LogP contribution in [0, 0.1) is 13.8 Å². The van der Waals surface area contributed by atoms with Crippen LogP contribution in [0.5, 0.6) is 0 Å². The first kappa shape index (κ1) is 15.7. The molecule has 0 N–H and O–H groups in total. The summed E-state index contributed by atoms with van der Waals surface area (Å²) in [6.07, 6.45) is 1.55. The second kappa shape index (κ2) is 6.16. The quantitative estimate of drug-likeness (QED) is 0.739. The molecular weight excluding hydrogens is 280 g/mol. The normalized spacial score (nSPS) is 16.6. The number of benzene rings is 2. The minimum absolute atomic E-state index is 0.239. The molecule has 2 aromatic rings. The number of fused-ring (bicyclic) bond motifs is 1. The molecule has 0 aliphatic heterocycles. The van der Waals surface area contributed by atoms with E-state index in [1.54, 1.807) is 6.92 Å².